The van der Waals surface area contributed by atoms with E-state index in [1.807, 2.05) is 25.1 Å². The summed E-state index contributed by atoms with van der Waals surface area (Å²) >= 11 is 0. The largest absolute Gasteiger partial charge is 0.497 e. The van der Waals surface area contributed by atoms with E-state index in [-0.39, 0.29) is 6.04 Å². The van der Waals surface area contributed by atoms with Gasteiger partial charge >= 0.3 is 0 Å². The lowest BCUT2D eigenvalue weighted by Gasteiger charge is -2.15. The number of benzene rings is 1. The van der Waals surface area contributed by atoms with E-state index in [2.05, 4.69) is 45.0 Å². The van der Waals surface area contributed by atoms with E-state index < -0.39 is 0 Å². The van der Waals surface area contributed by atoms with Gasteiger partial charge in [0.1, 0.15) is 11.6 Å². The zero-order valence-corrected chi connectivity index (χ0v) is 13.8. The first-order valence-electron chi connectivity index (χ1n) is 7.84. The van der Waals surface area contributed by atoms with Crippen LogP contribution in [0.15, 0.2) is 42.6 Å². The lowest BCUT2D eigenvalue weighted by Crippen LogP contribution is -2.24. The fourth-order valence-electron chi connectivity index (χ4n) is 2.77. The lowest BCUT2D eigenvalue weighted by molar-refractivity contribution is 0.412. The topological polar surface area (TPSA) is 52.0 Å². The Morgan fingerprint density at radius 3 is 2.91 bits per heavy atom. The normalized spacial score (nSPS) is 12.5. The molecule has 0 amide bonds. The summed E-state index contributed by atoms with van der Waals surface area (Å²) in [5, 5.41) is 3.51. The van der Waals surface area contributed by atoms with Crippen LogP contribution in [0, 0.1) is 6.92 Å². The van der Waals surface area contributed by atoms with Gasteiger partial charge in [-0.3, -0.25) is 4.98 Å². The van der Waals surface area contributed by atoms with Crippen molar-refractivity contribution in [2.75, 3.05) is 13.7 Å². The van der Waals surface area contributed by atoms with Crippen molar-refractivity contribution in [3.8, 4) is 5.75 Å². The summed E-state index contributed by atoms with van der Waals surface area (Å²) in [5.74, 6) is 1.88. The maximum atomic E-state index is 5.25. The molecule has 0 aliphatic rings. The summed E-state index contributed by atoms with van der Waals surface area (Å²) < 4.78 is 7.50. The number of para-hydroxylation sites is 2. The Morgan fingerprint density at radius 2 is 2.09 bits per heavy atom. The Morgan fingerprint density at radius 1 is 1.26 bits per heavy atom. The average Bonchev–Trinajstić information content (AvgIpc) is 2.90. The van der Waals surface area contributed by atoms with Crippen molar-refractivity contribution in [3.63, 3.8) is 0 Å². The van der Waals surface area contributed by atoms with Gasteiger partial charge in [0.25, 0.3) is 0 Å². The highest BCUT2D eigenvalue weighted by Gasteiger charge is 2.09. The molecule has 1 N–H and O–H groups in total. The second kappa shape index (κ2) is 6.79. The van der Waals surface area contributed by atoms with E-state index in [0.717, 1.165) is 35.9 Å². The number of rotatable bonds is 6. The molecule has 3 aromatic rings. The van der Waals surface area contributed by atoms with Gasteiger partial charge in [-0.1, -0.05) is 12.1 Å². The van der Waals surface area contributed by atoms with E-state index in [1.165, 1.54) is 5.52 Å². The van der Waals surface area contributed by atoms with Crippen LogP contribution >= 0.6 is 0 Å². The van der Waals surface area contributed by atoms with Crippen molar-refractivity contribution in [2.45, 2.75) is 26.4 Å². The maximum Gasteiger partial charge on any atom is 0.122 e. The van der Waals surface area contributed by atoms with Crippen LogP contribution in [0.3, 0.4) is 0 Å². The van der Waals surface area contributed by atoms with Crippen LogP contribution in [0.1, 0.15) is 24.5 Å². The number of hydrogen-bond donors (Lipinski definition) is 1. The summed E-state index contributed by atoms with van der Waals surface area (Å²) in [6, 6.07) is 12.2. The van der Waals surface area contributed by atoms with Crippen LogP contribution in [0.4, 0.5) is 0 Å². The molecular formula is C18H22N4O. The fraction of sp³-hybridized carbons (Fsp3) is 0.333. The minimum atomic E-state index is 0.167. The zero-order chi connectivity index (χ0) is 16.2. The number of ether oxygens (including phenoxy) is 1. The number of fused-ring (bicyclic) bond motifs is 1. The molecule has 2 aromatic heterocycles. The quantitative estimate of drug-likeness (QED) is 0.760. The Labute approximate surface area is 136 Å². The van der Waals surface area contributed by atoms with E-state index in [9.17, 15) is 0 Å². The Kier molecular flexibility index (Phi) is 4.57. The Bertz CT molecular complexity index is 797. The first-order valence-corrected chi connectivity index (χ1v) is 7.84. The second-order valence-electron chi connectivity index (χ2n) is 5.60. The van der Waals surface area contributed by atoms with Crippen molar-refractivity contribution >= 4 is 11.0 Å². The van der Waals surface area contributed by atoms with Crippen molar-refractivity contribution < 1.29 is 4.74 Å². The molecule has 0 aliphatic heterocycles. The van der Waals surface area contributed by atoms with Crippen LogP contribution in [0.2, 0.25) is 0 Å². The van der Waals surface area contributed by atoms with Gasteiger partial charge in [-0.15, -0.1) is 0 Å². The molecule has 1 atom stereocenters. The molecule has 0 aliphatic carbocycles. The summed E-state index contributed by atoms with van der Waals surface area (Å²) in [4.78, 5) is 9.01. The monoisotopic (exact) mass is 310 g/mol. The molecule has 0 bridgehead atoms. The van der Waals surface area contributed by atoms with Crippen molar-refractivity contribution in [2.24, 2.45) is 0 Å². The smallest absolute Gasteiger partial charge is 0.122 e. The third-order valence-electron chi connectivity index (χ3n) is 4.06. The summed E-state index contributed by atoms with van der Waals surface area (Å²) in [6.07, 6.45) is 1.78. The molecule has 0 unspecified atom stereocenters. The summed E-state index contributed by atoms with van der Waals surface area (Å²) in [5.41, 5.74) is 3.21. The molecule has 0 saturated carbocycles. The van der Waals surface area contributed by atoms with E-state index in [0.29, 0.717) is 0 Å². The third kappa shape index (κ3) is 3.35. The highest BCUT2D eigenvalue weighted by Crippen LogP contribution is 2.17. The van der Waals surface area contributed by atoms with Gasteiger partial charge in [0.2, 0.25) is 0 Å². The number of imidazole rings is 1. The molecule has 3 rings (SSSR count). The Hall–Kier alpha value is -2.40. The van der Waals surface area contributed by atoms with Crippen LogP contribution in [0.25, 0.3) is 11.0 Å². The van der Waals surface area contributed by atoms with Crippen molar-refractivity contribution in [3.05, 3.63) is 54.1 Å². The fourth-order valence-corrected chi connectivity index (χ4v) is 2.77. The van der Waals surface area contributed by atoms with Crippen LogP contribution in [-0.2, 0) is 6.54 Å². The molecule has 0 fully saturated rings. The minimum absolute atomic E-state index is 0.167. The summed E-state index contributed by atoms with van der Waals surface area (Å²) in [6.45, 7) is 5.88. The SMILES string of the molecule is COc1ccnc([C@H](C)NCCn2c(C)nc3ccccc32)c1. The van der Waals surface area contributed by atoms with Crippen LogP contribution < -0.4 is 10.1 Å². The van der Waals surface area contributed by atoms with E-state index in [1.54, 1.807) is 13.3 Å². The first kappa shape index (κ1) is 15.5. The molecule has 5 heteroatoms. The van der Waals surface area contributed by atoms with E-state index >= 15 is 0 Å². The molecule has 0 spiro atoms. The summed E-state index contributed by atoms with van der Waals surface area (Å²) in [7, 11) is 1.67. The van der Waals surface area contributed by atoms with Gasteiger partial charge in [0.15, 0.2) is 0 Å². The third-order valence-corrected chi connectivity index (χ3v) is 4.06. The predicted molar refractivity (Wildman–Crippen MR) is 91.7 cm³/mol. The van der Waals surface area contributed by atoms with Gasteiger partial charge in [0, 0.05) is 31.4 Å². The van der Waals surface area contributed by atoms with Gasteiger partial charge in [-0.25, -0.2) is 4.98 Å². The number of methoxy groups -OCH3 is 1. The van der Waals surface area contributed by atoms with Gasteiger partial charge < -0.3 is 14.6 Å². The molecule has 2 heterocycles. The number of nitrogens with one attached hydrogen (secondary N) is 1. The van der Waals surface area contributed by atoms with Crippen molar-refractivity contribution in [1.82, 2.24) is 19.9 Å². The van der Waals surface area contributed by atoms with Crippen LogP contribution in [-0.4, -0.2) is 28.2 Å². The molecule has 5 nitrogen and oxygen atoms in total. The first-order chi connectivity index (χ1) is 11.2. The molecule has 1 aromatic carbocycles. The predicted octanol–water partition coefficient (Wildman–Crippen LogP) is 3.10. The standard InChI is InChI=1S/C18H22N4O/c1-13(17-12-15(23-3)8-9-20-17)19-10-11-22-14(2)21-16-6-4-5-7-18(16)22/h4-9,12-13,19H,10-11H2,1-3H3/t13-/m0/s1. The lowest BCUT2D eigenvalue weighted by atomic mass is 10.2. The molecule has 120 valence electrons. The highest BCUT2D eigenvalue weighted by molar-refractivity contribution is 5.75. The van der Waals surface area contributed by atoms with E-state index in [4.69, 9.17) is 4.74 Å². The Balaban J connectivity index is 1.65. The number of nitrogens with zero attached hydrogens (tertiary/aromatic N) is 3. The molecule has 0 radical (unpaired) electrons. The van der Waals surface area contributed by atoms with Gasteiger partial charge in [0.05, 0.1) is 23.8 Å². The van der Waals surface area contributed by atoms with Gasteiger partial charge in [-0.2, -0.15) is 0 Å². The highest BCUT2D eigenvalue weighted by atomic mass is 16.5. The van der Waals surface area contributed by atoms with Crippen LogP contribution in [0.5, 0.6) is 5.75 Å². The molecular weight excluding hydrogens is 288 g/mol. The zero-order valence-electron chi connectivity index (χ0n) is 13.8. The second-order valence-corrected chi connectivity index (χ2v) is 5.60. The number of hydrogen-bond acceptors (Lipinski definition) is 4. The number of aromatic nitrogens is 3. The van der Waals surface area contributed by atoms with Crippen molar-refractivity contribution in [1.29, 1.82) is 0 Å². The van der Waals surface area contributed by atoms with Gasteiger partial charge in [-0.05, 0) is 32.0 Å². The average molecular weight is 310 g/mol. The number of aryl methyl sites for hydroxylation is 1. The molecule has 0 saturated heterocycles. The molecule has 23 heavy (non-hydrogen) atoms. The minimum Gasteiger partial charge on any atom is -0.497 e. The maximum absolute atomic E-state index is 5.25. The number of pyridine rings is 1.